The van der Waals surface area contributed by atoms with E-state index in [0.29, 0.717) is 12.2 Å². The molecule has 5 nitrogen and oxygen atoms in total. The topological polar surface area (TPSA) is 50.2 Å². The molecule has 32 heavy (non-hydrogen) atoms. The van der Waals surface area contributed by atoms with Crippen molar-refractivity contribution in [2.45, 2.75) is 44.1 Å². The average Bonchev–Trinajstić information content (AvgIpc) is 3.08. The van der Waals surface area contributed by atoms with Crippen LogP contribution in [0.25, 0.3) is 0 Å². The van der Waals surface area contributed by atoms with Crippen molar-refractivity contribution in [3.05, 3.63) is 51.8 Å². The Balaban J connectivity index is 1.52. The Labute approximate surface area is 180 Å². The monoisotopic (exact) mass is 460 g/mol. The standard InChI is InChI=1S/C21H22F6N4O/c1-30-17-2-5-28-11-16(17)18(29-30)19(32)31-6-3-12(4-7-31)13-8-14(20(22,23)24)10-15(9-13)21(25,26)27/h8-10,12,28H,2-7,11H2,1H3. The number of hydrogen-bond acceptors (Lipinski definition) is 3. The molecule has 0 saturated carbocycles. The molecule has 0 atom stereocenters. The highest BCUT2D eigenvalue weighted by Gasteiger charge is 2.38. The van der Waals surface area contributed by atoms with Gasteiger partial charge in [0.15, 0.2) is 5.69 Å². The molecular weight excluding hydrogens is 438 g/mol. The van der Waals surface area contributed by atoms with Crippen molar-refractivity contribution < 1.29 is 31.1 Å². The second kappa shape index (κ2) is 8.09. The van der Waals surface area contributed by atoms with Gasteiger partial charge in [0.25, 0.3) is 5.91 Å². The summed E-state index contributed by atoms with van der Waals surface area (Å²) in [6, 6.07) is 1.72. The van der Waals surface area contributed by atoms with Crippen molar-refractivity contribution in [1.29, 1.82) is 0 Å². The van der Waals surface area contributed by atoms with Gasteiger partial charge in [0, 0.05) is 50.9 Å². The van der Waals surface area contributed by atoms with Gasteiger partial charge in [0.05, 0.1) is 11.1 Å². The van der Waals surface area contributed by atoms with Crippen molar-refractivity contribution in [2.24, 2.45) is 7.05 Å². The van der Waals surface area contributed by atoms with Crippen molar-refractivity contribution in [1.82, 2.24) is 20.0 Å². The molecule has 4 rings (SSSR count). The zero-order valence-corrected chi connectivity index (χ0v) is 17.3. The molecule has 2 aromatic rings. The normalized spacial score (nSPS) is 18.0. The maximum absolute atomic E-state index is 13.2. The summed E-state index contributed by atoms with van der Waals surface area (Å²) in [7, 11) is 1.78. The highest BCUT2D eigenvalue weighted by molar-refractivity contribution is 5.94. The number of hydrogen-bond donors (Lipinski definition) is 1. The number of rotatable bonds is 2. The second-order valence-corrected chi connectivity index (χ2v) is 8.23. The molecule has 1 fully saturated rings. The summed E-state index contributed by atoms with van der Waals surface area (Å²) in [5.41, 5.74) is -0.434. The van der Waals surface area contributed by atoms with Crippen LogP contribution in [0.2, 0.25) is 0 Å². The molecule has 11 heteroatoms. The summed E-state index contributed by atoms with van der Waals surface area (Å²) in [5, 5.41) is 7.57. The van der Waals surface area contributed by atoms with Gasteiger partial charge in [0.2, 0.25) is 0 Å². The smallest absolute Gasteiger partial charge is 0.337 e. The van der Waals surface area contributed by atoms with Crippen LogP contribution in [0.15, 0.2) is 18.2 Å². The number of carbonyl (C=O) groups is 1. The van der Waals surface area contributed by atoms with Gasteiger partial charge in [-0.05, 0) is 42.5 Å². The Morgan fingerprint density at radius 3 is 2.19 bits per heavy atom. The number of nitrogens with zero attached hydrogens (tertiary/aromatic N) is 3. The molecule has 0 spiro atoms. The fraction of sp³-hybridized carbons (Fsp3) is 0.524. The number of carbonyl (C=O) groups excluding carboxylic acids is 1. The molecule has 0 radical (unpaired) electrons. The fourth-order valence-corrected chi connectivity index (χ4v) is 4.47. The molecule has 1 amide bonds. The lowest BCUT2D eigenvalue weighted by Crippen LogP contribution is -2.39. The molecular formula is C21H22F6N4O. The lowest BCUT2D eigenvalue weighted by atomic mass is 9.87. The van der Waals surface area contributed by atoms with Gasteiger partial charge in [0.1, 0.15) is 0 Å². The number of piperidine rings is 1. The molecule has 1 saturated heterocycles. The minimum Gasteiger partial charge on any atom is -0.337 e. The third kappa shape index (κ3) is 4.35. The lowest BCUT2D eigenvalue weighted by Gasteiger charge is -2.32. The largest absolute Gasteiger partial charge is 0.416 e. The van der Waals surface area contributed by atoms with Crippen LogP contribution in [-0.4, -0.2) is 40.2 Å². The van der Waals surface area contributed by atoms with E-state index >= 15 is 0 Å². The predicted octanol–water partition coefficient (Wildman–Crippen LogP) is 4.12. The van der Waals surface area contributed by atoms with Crippen LogP contribution in [0.3, 0.4) is 0 Å². The van der Waals surface area contributed by atoms with E-state index < -0.39 is 29.4 Å². The van der Waals surface area contributed by atoms with Crippen LogP contribution in [0, 0.1) is 0 Å². The minimum absolute atomic E-state index is 0.00124. The number of aryl methyl sites for hydroxylation is 1. The zero-order chi connectivity index (χ0) is 23.3. The third-order valence-corrected chi connectivity index (χ3v) is 6.18. The number of benzene rings is 1. The predicted molar refractivity (Wildman–Crippen MR) is 103 cm³/mol. The van der Waals surface area contributed by atoms with E-state index in [4.69, 9.17) is 0 Å². The van der Waals surface area contributed by atoms with Crippen molar-refractivity contribution in [2.75, 3.05) is 19.6 Å². The first-order valence-corrected chi connectivity index (χ1v) is 10.3. The quantitative estimate of drug-likeness (QED) is 0.686. The molecule has 3 heterocycles. The van der Waals surface area contributed by atoms with Gasteiger partial charge in [-0.25, -0.2) is 0 Å². The van der Waals surface area contributed by atoms with E-state index in [0.717, 1.165) is 36.4 Å². The SMILES string of the molecule is Cn1nc(C(=O)N2CCC(c3cc(C(F)(F)F)cc(C(F)(F)F)c3)CC2)c2c1CCNC2. The maximum Gasteiger partial charge on any atom is 0.416 e. The molecule has 174 valence electrons. The van der Waals surface area contributed by atoms with E-state index in [1.165, 1.54) is 0 Å². The summed E-state index contributed by atoms with van der Waals surface area (Å²) in [6.07, 6.45) is -8.45. The molecule has 1 aromatic heterocycles. The van der Waals surface area contributed by atoms with Gasteiger partial charge in [-0.1, -0.05) is 0 Å². The van der Waals surface area contributed by atoms with Crippen LogP contribution in [0.5, 0.6) is 0 Å². The van der Waals surface area contributed by atoms with Gasteiger partial charge in [-0.2, -0.15) is 31.4 Å². The molecule has 2 aliphatic rings. The summed E-state index contributed by atoms with van der Waals surface area (Å²) < 4.78 is 80.7. The van der Waals surface area contributed by atoms with Crippen LogP contribution in [0.1, 0.15) is 57.2 Å². The first kappa shape index (κ1) is 22.6. The van der Waals surface area contributed by atoms with Gasteiger partial charge < -0.3 is 10.2 Å². The Hall–Kier alpha value is -2.56. The second-order valence-electron chi connectivity index (χ2n) is 8.23. The van der Waals surface area contributed by atoms with E-state index in [1.807, 2.05) is 0 Å². The molecule has 2 aliphatic heterocycles. The average molecular weight is 460 g/mol. The number of halogens is 6. The Morgan fingerprint density at radius 1 is 1.03 bits per heavy atom. The lowest BCUT2D eigenvalue weighted by molar-refractivity contribution is -0.143. The molecule has 0 bridgehead atoms. The van der Waals surface area contributed by atoms with E-state index in [9.17, 15) is 31.1 Å². The first-order valence-electron chi connectivity index (χ1n) is 10.3. The summed E-state index contributed by atoms with van der Waals surface area (Å²) in [5.74, 6) is -0.759. The Kier molecular flexibility index (Phi) is 5.72. The van der Waals surface area contributed by atoms with Crippen LogP contribution in [0.4, 0.5) is 26.3 Å². The number of alkyl halides is 6. The minimum atomic E-state index is -4.88. The highest BCUT2D eigenvalue weighted by atomic mass is 19.4. The van der Waals surface area contributed by atoms with Gasteiger partial charge in [-0.15, -0.1) is 0 Å². The summed E-state index contributed by atoms with van der Waals surface area (Å²) in [4.78, 5) is 14.6. The van der Waals surface area contributed by atoms with Gasteiger partial charge >= 0.3 is 12.4 Å². The van der Waals surface area contributed by atoms with E-state index in [1.54, 1.807) is 16.6 Å². The fourth-order valence-electron chi connectivity index (χ4n) is 4.47. The Bertz CT molecular complexity index is 986. The van der Waals surface area contributed by atoms with E-state index in [-0.39, 0.29) is 43.5 Å². The van der Waals surface area contributed by atoms with Crippen molar-refractivity contribution in [3.63, 3.8) is 0 Å². The molecule has 0 unspecified atom stereocenters. The van der Waals surface area contributed by atoms with Crippen LogP contribution >= 0.6 is 0 Å². The zero-order valence-electron chi connectivity index (χ0n) is 17.3. The highest BCUT2D eigenvalue weighted by Crippen LogP contribution is 2.39. The molecule has 1 aromatic carbocycles. The summed E-state index contributed by atoms with van der Waals surface area (Å²) >= 11 is 0. The first-order chi connectivity index (χ1) is 14.9. The molecule has 0 aliphatic carbocycles. The Morgan fingerprint density at radius 2 is 1.62 bits per heavy atom. The maximum atomic E-state index is 13.2. The molecule has 1 N–H and O–H groups in total. The van der Waals surface area contributed by atoms with Crippen molar-refractivity contribution in [3.8, 4) is 0 Å². The third-order valence-electron chi connectivity index (χ3n) is 6.18. The number of nitrogens with one attached hydrogen (secondary N) is 1. The van der Waals surface area contributed by atoms with Crippen molar-refractivity contribution >= 4 is 5.91 Å². The van der Waals surface area contributed by atoms with E-state index in [2.05, 4.69) is 10.4 Å². The van der Waals surface area contributed by atoms with Crippen LogP contribution < -0.4 is 5.32 Å². The number of likely N-dealkylation sites (tertiary alicyclic amines) is 1. The number of aromatic nitrogens is 2. The number of fused-ring (bicyclic) bond motifs is 1. The summed E-state index contributed by atoms with van der Waals surface area (Å²) in [6.45, 7) is 1.80. The van der Waals surface area contributed by atoms with Gasteiger partial charge in [-0.3, -0.25) is 9.48 Å². The van der Waals surface area contributed by atoms with Crippen LogP contribution in [-0.2, 0) is 32.4 Å². The number of amides is 1.